The summed E-state index contributed by atoms with van der Waals surface area (Å²) in [7, 11) is 0. The maximum atomic E-state index is 12.1. The van der Waals surface area contributed by atoms with Gasteiger partial charge in [-0.2, -0.15) is 0 Å². The monoisotopic (exact) mass is 300 g/mol. The minimum absolute atomic E-state index is 0.0164. The average Bonchev–Trinajstić information content (AvgIpc) is 2.90. The highest BCUT2D eigenvalue weighted by Crippen LogP contribution is 2.41. The van der Waals surface area contributed by atoms with Crippen LogP contribution < -0.4 is 4.90 Å². The summed E-state index contributed by atoms with van der Waals surface area (Å²) in [6.07, 6.45) is 0. The van der Waals surface area contributed by atoms with Crippen LogP contribution >= 0.6 is 11.8 Å². The number of nitrogens with zero attached hydrogens (tertiary/aromatic N) is 2. The zero-order valence-corrected chi connectivity index (χ0v) is 11.8. The molecule has 3 rings (SSSR count). The molecule has 0 N–H and O–H groups in total. The normalized spacial score (nSPS) is 18.0. The van der Waals surface area contributed by atoms with Gasteiger partial charge in [-0.3, -0.25) is 19.8 Å². The number of carbonyl (C=O) groups excluding carboxylic acids is 1. The molecule has 0 saturated carbocycles. The van der Waals surface area contributed by atoms with Crippen LogP contribution in [0.15, 0.2) is 54.6 Å². The third-order valence-electron chi connectivity index (χ3n) is 3.29. The molecule has 5 nitrogen and oxygen atoms in total. The first-order valence-electron chi connectivity index (χ1n) is 6.40. The largest absolute Gasteiger partial charge is 0.295 e. The van der Waals surface area contributed by atoms with Crippen molar-refractivity contribution in [1.82, 2.24) is 0 Å². The van der Waals surface area contributed by atoms with Crippen LogP contribution in [0.5, 0.6) is 0 Å². The van der Waals surface area contributed by atoms with Crippen molar-refractivity contribution in [2.24, 2.45) is 0 Å². The van der Waals surface area contributed by atoms with Crippen LogP contribution in [0.3, 0.4) is 0 Å². The molecule has 1 fully saturated rings. The van der Waals surface area contributed by atoms with Crippen molar-refractivity contribution >= 4 is 29.0 Å². The molecule has 1 aliphatic rings. The Morgan fingerprint density at radius 2 is 1.76 bits per heavy atom. The first-order chi connectivity index (χ1) is 10.2. The predicted molar refractivity (Wildman–Crippen MR) is 82.2 cm³/mol. The van der Waals surface area contributed by atoms with Crippen molar-refractivity contribution in [3.63, 3.8) is 0 Å². The summed E-state index contributed by atoms with van der Waals surface area (Å²) in [5.74, 6) is 0.430. The zero-order valence-electron chi connectivity index (χ0n) is 11.0. The van der Waals surface area contributed by atoms with Gasteiger partial charge in [-0.25, -0.2) is 0 Å². The molecule has 0 unspecified atom stereocenters. The summed E-state index contributed by atoms with van der Waals surface area (Å²) in [6, 6.07) is 15.9. The molecule has 0 spiro atoms. The molecule has 0 aliphatic carbocycles. The van der Waals surface area contributed by atoms with Crippen LogP contribution in [0.4, 0.5) is 11.4 Å². The molecular weight excluding hydrogens is 288 g/mol. The summed E-state index contributed by atoms with van der Waals surface area (Å²) in [5.41, 5.74) is 1.76. The van der Waals surface area contributed by atoms with Crippen LogP contribution in [0.1, 0.15) is 10.9 Å². The van der Waals surface area contributed by atoms with E-state index in [1.807, 2.05) is 30.3 Å². The summed E-state index contributed by atoms with van der Waals surface area (Å²) in [4.78, 5) is 24.1. The van der Waals surface area contributed by atoms with Gasteiger partial charge >= 0.3 is 0 Å². The molecule has 1 saturated heterocycles. The second-order valence-corrected chi connectivity index (χ2v) is 5.68. The van der Waals surface area contributed by atoms with E-state index in [1.54, 1.807) is 28.8 Å². The zero-order chi connectivity index (χ0) is 14.8. The second kappa shape index (κ2) is 5.57. The first-order valence-corrected chi connectivity index (χ1v) is 7.45. The Kier molecular flexibility index (Phi) is 3.62. The minimum atomic E-state index is -0.445. The molecule has 1 heterocycles. The minimum Gasteiger partial charge on any atom is -0.295 e. The van der Waals surface area contributed by atoms with Crippen molar-refractivity contribution in [2.75, 3.05) is 10.7 Å². The highest BCUT2D eigenvalue weighted by atomic mass is 32.2. The lowest BCUT2D eigenvalue weighted by Gasteiger charge is -2.24. The van der Waals surface area contributed by atoms with Crippen LogP contribution in [-0.4, -0.2) is 16.6 Å². The van der Waals surface area contributed by atoms with E-state index in [1.165, 1.54) is 12.1 Å². The topological polar surface area (TPSA) is 63.5 Å². The van der Waals surface area contributed by atoms with Gasteiger partial charge in [0, 0.05) is 17.8 Å². The van der Waals surface area contributed by atoms with Gasteiger partial charge in [0.05, 0.1) is 10.7 Å². The summed E-state index contributed by atoms with van der Waals surface area (Å²) in [5, 5.41) is 10.6. The number of anilines is 1. The van der Waals surface area contributed by atoms with E-state index >= 15 is 0 Å². The number of benzene rings is 2. The lowest BCUT2D eigenvalue weighted by atomic mass is 10.2. The Morgan fingerprint density at radius 3 is 2.38 bits per heavy atom. The van der Waals surface area contributed by atoms with Gasteiger partial charge < -0.3 is 0 Å². The van der Waals surface area contributed by atoms with Crippen molar-refractivity contribution < 1.29 is 9.72 Å². The number of nitro groups is 1. The van der Waals surface area contributed by atoms with Crippen molar-refractivity contribution in [2.45, 2.75) is 5.37 Å². The predicted octanol–water partition coefficient (Wildman–Crippen LogP) is 3.37. The lowest BCUT2D eigenvalue weighted by Crippen LogP contribution is -2.27. The fraction of sp³-hybridized carbons (Fsp3) is 0.133. The summed E-state index contributed by atoms with van der Waals surface area (Å²) < 4.78 is 0. The number of amides is 1. The van der Waals surface area contributed by atoms with Crippen molar-refractivity contribution in [3.05, 3.63) is 70.3 Å². The van der Waals surface area contributed by atoms with Crippen molar-refractivity contribution in [3.8, 4) is 0 Å². The molecule has 1 amide bonds. The average molecular weight is 300 g/mol. The Hall–Kier alpha value is -2.34. The van der Waals surface area contributed by atoms with Gasteiger partial charge in [-0.05, 0) is 17.7 Å². The quantitative estimate of drug-likeness (QED) is 0.644. The SMILES string of the molecule is O=C1CS[C@H](c2ccccc2)N1c1ccc([N+](=O)[O-])cc1. The number of thioether (sulfide) groups is 1. The van der Waals surface area contributed by atoms with E-state index in [-0.39, 0.29) is 17.0 Å². The van der Waals surface area contributed by atoms with Crippen LogP contribution in [0, 0.1) is 10.1 Å². The highest BCUT2D eigenvalue weighted by molar-refractivity contribution is 8.00. The Morgan fingerprint density at radius 1 is 1.10 bits per heavy atom. The Balaban J connectivity index is 1.94. The number of nitro benzene ring substituents is 1. The van der Waals surface area contributed by atoms with Crippen LogP contribution in [0.25, 0.3) is 0 Å². The summed E-state index contributed by atoms with van der Waals surface area (Å²) in [6.45, 7) is 0. The molecule has 0 aromatic heterocycles. The highest BCUT2D eigenvalue weighted by Gasteiger charge is 2.34. The number of non-ortho nitro benzene ring substituents is 1. The van der Waals surface area contributed by atoms with Gasteiger partial charge in [-0.1, -0.05) is 30.3 Å². The molecule has 2 aromatic rings. The van der Waals surface area contributed by atoms with Gasteiger partial charge in [0.15, 0.2) is 0 Å². The molecule has 2 aromatic carbocycles. The number of hydrogen-bond donors (Lipinski definition) is 0. The van der Waals surface area contributed by atoms with Crippen LogP contribution in [0.2, 0.25) is 0 Å². The van der Waals surface area contributed by atoms with Gasteiger partial charge in [0.25, 0.3) is 5.69 Å². The molecule has 106 valence electrons. The maximum absolute atomic E-state index is 12.1. The van der Waals surface area contributed by atoms with E-state index in [0.717, 1.165) is 5.56 Å². The van der Waals surface area contributed by atoms with E-state index < -0.39 is 4.92 Å². The molecular formula is C15H12N2O3S. The summed E-state index contributed by atoms with van der Waals surface area (Å²) >= 11 is 1.56. The molecule has 6 heteroatoms. The standard InChI is InChI=1S/C15H12N2O3S/c18-14-10-21-15(11-4-2-1-3-5-11)16(14)12-6-8-13(9-7-12)17(19)20/h1-9,15H,10H2/t15-/m1/s1. The van der Waals surface area contributed by atoms with E-state index in [2.05, 4.69) is 0 Å². The maximum Gasteiger partial charge on any atom is 0.269 e. The molecule has 1 atom stereocenters. The third-order valence-corrected chi connectivity index (χ3v) is 4.50. The third kappa shape index (κ3) is 2.62. The van der Waals surface area contributed by atoms with E-state index in [4.69, 9.17) is 0 Å². The molecule has 1 aliphatic heterocycles. The molecule has 0 bridgehead atoms. The first kappa shape index (κ1) is 13.6. The number of carbonyl (C=O) groups is 1. The fourth-order valence-corrected chi connectivity index (χ4v) is 3.48. The molecule has 0 radical (unpaired) electrons. The number of hydrogen-bond acceptors (Lipinski definition) is 4. The lowest BCUT2D eigenvalue weighted by molar-refractivity contribution is -0.384. The Bertz CT molecular complexity index is 673. The van der Waals surface area contributed by atoms with Gasteiger partial charge in [-0.15, -0.1) is 11.8 Å². The van der Waals surface area contributed by atoms with E-state index in [9.17, 15) is 14.9 Å². The molecule has 21 heavy (non-hydrogen) atoms. The fourth-order valence-electron chi connectivity index (χ4n) is 2.30. The number of rotatable bonds is 3. The van der Waals surface area contributed by atoms with Gasteiger partial charge in [0.1, 0.15) is 5.37 Å². The van der Waals surface area contributed by atoms with Crippen LogP contribution in [-0.2, 0) is 4.79 Å². The Labute approximate surface area is 125 Å². The van der Waals surface area contributed by atoms with Gasteiger partial charge in [0.2, 0.25) is 5.91 Å². The smallest absolute Gasteiger partial charge is 0.269 e. The van der Waals surface area contributed by atoms with E-state index in [0.29, 0.717) is 11.4 Å². The van der Waals surface area contributed by atoms with Crippen molar-refractivity contribution in [1.29, 1.82) is 0 Å². The second-order valence-electron chi connectivity index (χ2n) is 4.61.